The van der Waals surface area contributed by atoms with E-state index >= 15 is 0 Å². The lowest BCUT2D eigenvalue weighted by atomic mass is 9.53. The second-order valence-electron chi connectivity index (χ2n) is 10.4. The number of carbonyl (C=O) groups is 1. The van der Waals surface area contributed by atoms with E-state index in [1.165, 1.54) is 25.7 Å². The third-order valence-corrected chi connectivity index (χ3v) is 7.72. The third-order valence-electron chi connectivity index (χ3n) is 7.72. The van der Waals surface area contributed by atoms with Crippen molar-refractivity contribution >= 4 is 11.5 Å². The number of hydrogen-bond donors (Lipinski definition) is 0. The van der Waals surface area contributed by atoms with Gasteiger partial charge in [-0.15, -0.1) is 0 Å². The molecule has 0 radical (unpaired) electrons. The summed E-state index contributed by atoms with van der Waals surface area (Å²) in [5, 5.41) is 0. The topological polar surface area (TPSA) is 49.3 Å². The smallest absolute Gasteiger partial charge is 0.138 e. The van der Waals surface area contributed by atoms with Crippen molar-refractivity contribution in [1.82, 2.24) is 14.9 Å². The van der Waals surface area contributed by atoms with Crippen molar-refractivity contribution in [3.63, 3.8) is 0 Å². The van der Waals surface area contributed by atoms with Crippen LogP contribution in [0, 0.1) is 17.3 Å². The van der Waals surface area contributed by atoms with Gasteiger partial charge in [0.1, 0.15) is 11.6 Å². The number of piperazine rings is 1. The van der Waals surface area contributed by atoms with Gasteiger partial charge in [0.2, 0.25) is 0 Å². The fourth-order valence-electron chi connectivity index (χ4n) is 5.78. The van der Waals surface area contributed by atoms with Gasteiger partial charge in [-0.1, -0.05) is 27.7 Å². The second-order valence-corrected chi connectivity index (χ2v) is 10.4. The highest BCUT2D eigenvalue weighted by molar-refractivity contribution is 5.83. The molecular weight excluding hydrogens is 360 g/mol. The van der Waals surface area contributed by atoms with Gasteiger partial charge in [0.05, 0.1) is 18.1 Å². The van der Waals surface area contributed by atoms with Crippen molar-refractivity contribution < 1.29 is 4.79 Å². The zero-order chi connectivity index (χ0) is 20.6. The Morgan fingerprint density at radius 1 is 1.00 bits per heavy atom. The molecule has 1 aromatic rings. The van der Waals surface area contributed by atoms with Crippen LogP contribution in [0.25, 0.3) is 0 Å². The summed E-state index contributed by atoms with van der Waals surface area (Å²) in [6.07, 6.45) is 11.6. The molecule has 160 valence electrons. The van der Waals surface area contributed by atoms with Crippen LogP contribution < -0.4 is 4.90 Å². The van der Waals surface area contributed by atoms with Gasteiger partial charge in [-0.3, -0.25) is 9.69 Å². The summed E-state index contributed by atoms with van der Waals surface area (Å²) >= 11 is 0. The van der Waals surface area contributed by atoms with Crippen LogP contribution in [-0.2, 0) is 4.79 Å². The fraction of sp³-hybridized carbons (Fsp3) is 0.792. The Hall–Kier alpha value is -1.49. The Bertz CT molecular complexity index is 690. The lowest BCUT2D eigenvalue weighted by Gasteiger charge is -2.53. The molecule has 4 rings (SSSR count). The number of nitrogens with zero attached hydrogens (tertiary/aromatic N) is 4. The average Bonchev–Trinajstić information content (AvgIpc) is 2.72. The summed E-state index contributed by atoms with van der Waals surface area (Å²) in [6.45, 7) is 12.8. The zero-order valence-electron chi connectivity index (χ0n) is 18.7. The van der Waals surface area contributed by atoms with E-state index < -0.39 is 0 Å². The number of anilines is 1. The summed E-state index contributed by atoms with van der Waals surface area (Å²) in [7, 11) is 0. The molecule has 2 saturated carbocycles. The Morgan fingerprint density at radius 3 is 2.10 bits per heavy atom. The molecule has 0 unspecified atom stereocenters. The molecule has 3 aliphatic rings. The van der Waals surface area contributed by atoms with Crippen LogP contribution in [0.2, 0.25) is 0 Å². The Labute approximate surface area is 176 Å². The standard InChI is InChI=1S/C24H38N4O/c1-17(2)22(29)19-13-24(14-19)7-5-20(6-8-24)27-9-11-28(12-10-27)21-15-25-23(18(3)4)26-16-21/h15-20H,5-14H2,1-4H3/t19-,20-,24?. The maximum atomic E-state index is 12.2. The van der Waals surface area contributed by atoms with Crippen molar-refractivity contribution in [2.24, 2.45) is 17.3 Å². The van der Waals surface area contributed by atoms with Gasteiger partial charge in [0, 0.05) is 50.0 Å². The molecule has 1 aliphatic heterocycles. The van der Waals surface area contributed by atoms with Crippen molar-refractivity contribution in [3.8, 4) is 0 Å². The highest BCUT2D eigenvalue weighted by Gasteiger charge is 2.49. The molecule has 0 atom stereocenters. The van der Waals surface area contributed by atoms with Gasteiger partial charge in [-0.25, -0.2) is 9.97 Å². The van der Waals surface area contributed by atoms with Gasteiger partial charge >= 0.3 is 0 Å². The minimum atomic E-state index is 0.206. The molecule has 1 aromatic heterocycles. The maximum Gasteiger partial charge on any atom is 0.138 e. The van der Waals surface area contributed by atoms with Crippen LogP contribution in [0.3, 0.4) is 0 Å². The zero-order valence-corrected chi connectivity index (χ0v) is 18.7. The molecule has 2 heterocycles. The van der Waals surface area contributed by atoms with Crippen LogP contribution >= 0.6 is 0 Å². The van der Waals surface area contributed by atoms with Crippen molar-refractivity contribution in [1.29, 1.82) is 0 Å². The van der Waals surface area contributed by atoms with Crippen molar-refractivity contribution in [3.05, 3.63) is 18.2 Å². The van der Waals surface area contributed by atoms with E-state index in [-0.39, 0.29) is 5.92 Å². The van der Waals surface area contributed by atoms with Crippen LogP contribution in [0.5, 0.6) is 0 Å². The number of ketones is 1. The summed E-state index contributed by atoms with van der Waals surface area (Å²) in [5.74, 6) is 2.37. The normalized spacial score (nSPS) is 30.8. The van der Waals surface area contributed by atoms with Gasteiger partial charge in [0.25, 0.3) is 0 Å². The van der Waals surface area contributed by atoms with Crippen molar-refractivity contribution in [2.75, 3.05) is 31.1 Å². The summed E-state index contributed by atoms with van der Waals surface area (Å²) < 4.78 is 0. The minimum Gasteiger partial charge on any atom is -0.366 e. The van der Waals surface area contributed by atoms with E-state index in [4.69, 9.17) is 0 Å². The van der Waals surface area contributed by atoms with E-state index in [1.807, 2.05) is 12.4 Å². The summed E-state index contributed by atoms with van der Waals surface area (Å²) in [5.41, 5.74) is 1.66. The lowest BCUT2D eigenvalue weighted by molar-refractivity contribution is -0.135. The first-order chi connectivity index (χ1) is 13.9. The van der Waals surface area contributed by atoms with Gasteiger partial charge in [-0.05, 0) is 43.9 Å². The molecule has 5 heteroatoms. The highest BCUT2D eigenvalue weighted by atomic mass is 16.1. The highest BCUT2D eigenvalue weighted by Crippen LogP contribution is 2.56. The quantitative estimate of drug-likeness (QED) is 0.741. The monoisotopic (exact) mass is 398 g/mol. The first kappa shape index (κ1) is 20.8. The van der Waals surface area contributed by atoms with E-state index in [2.05, 4.69) is 47.5 Å². The molecular formula is C24H38N4O. The number of Topliss-reactive ketones (excluding diaryl/α,β-unsaturated/α-hetero) is 1. The van der Waals surface area contributed by atoms with Gasteiger partial charge < -0.3 is 4.90 Å². The summed E-state index contributed by atoms with van der Waals surface area (Å²) in [6, 6.07) is 0.738. The van der Waals surface area contributed by atoms with Gasteiger partial charge in [0.15, 0.2) is 0 Å². The number of aromatic nitrogens is 2. The molecule has 2 aliphatic carbocycles. The Kier molecular flexibility index (Phi) is 5.97. The Balaban J connectivity index is 1.23. The largest absolute Gasteiger partial charge is 0.366 e. The number of carbonyl (C=O) groups excluding carboxylic acids is 1. The molecule has 29 heavy (non-hydrogen) atoms. The fourth-order valence-corrected chi connectivity index (χ4v) is 5.78. The van der Waals surface area contributed by atoms with Crippen LogP contribution in [-0.4, -0.2) is 52.9 Å². The first-order valence-corrected chi connectivity index (χ1v) is 11.7. The molecule has 3 fully saturated rings. The maximum absolute atomic E-state index is 12.2. The van der Waals surface area contributed by atoms with E-state index in [0.717, 1.165) is 56.6 Å². The molecule has 1 saturated heterocycles. The SMILES string of the molecule is CC(C)c1ncc(N2CCN([C@H]3CCC4(CC3)C[C@H](C(=O)C(C)C)C4)CC2)cn1. The number of hydrogen-bond acceptors (Lipinski definition) is 5. The number of rotatable bonds is 5. The second kappa shape index (κ2) is 8.33. The molecule has 1 spiro atoms. The summed E-state index contributed by atoms with van der Waals surface area (Å²) in [4.78, 5) is 26.4. The minimum absolute atomic E-state index is 0.206. The molecule has 5 nitrogen and oxygen atoms in total. The van der Waals surface area contributed by atoms with Crippen LogP contribution in [0.4, 0.5) is 5.69 Å². The van der Waals surface area contributed by atoms with Crippen molar-refractivity contribution in [2.45, 2.75) is 78.2 Å². The molecule has 0 bridgehead atoms. The lowest BCUT2D eigenvalue weighted by Crippen LogP contribution is -2.53. The average molecular weight is 399 g/mol. The predicted molar refractivity (Wildman–Crippen MR) is 117 cm³/mol. The van der Waals surface area contributed by atoms with Gasteiger partial charge in [-0.2, -0.15) is 0 Å². The van der Waals surface area contributed by atoms with E-state index in [0.29, 0.717) is 23.0 Å². The predicted octanol–water partition coefficient (Wildman–Crippen LogP) is 4.29. The van der Waals surface area contributed by atoms with Crippen LogP contribution in [0.1, 0.15) is 78.0 Å². The van der Waals surface area contributed by atoms with E-state index in [9.17, 15) is 4.79 Å². The molecule has 0 amide bonds. The Morgan fingerprint density at radius 2 is 1.59 bits per heavy atom. The van der Waals surface area contributed by atoms with E-state index in [1.54, 1.807) is 0 Å². The molecule has 0 aromatic carbocycles. The third kappa shape index (κ3) is 4.35. The first-order valence-electron chi connectivity index (χ1n) is 11.7. The molecule has 0 N–H and O–H groups in total. The van der Waals surface area contributed by atoms with Crippen LogP contribution in [0.15, 0.2) is 12.4 Å².